The van der Waals surface area contributed by atoms with Crippen molar-refractivity contribution in [2.24, 2.45) is 0 Å². The van der Waals surface area contributed by atoms with E-state index in [1.165, 1.54) is 23.1 Å². The minimum Gasteiger partial charge on any atom is -0.480 e. The van der Waals surface area contributed by atoms with E-state index in [1.54, 1.807) is 6.92 Å². The third kappa shape index (κ3) is 2.38. The zero-order valence-corrected chi connectivity index (χ0v) is 10.7. The first-order valence-corrected chi connectivity index (χ1v) is 6.20. The van der Waals surface area contributed by atoms with Crippen molar-refractivity contribution in [3.8, 4) is 0 Å². The van der Waals surface area contributed by atoms with Crippen LogP contribution in [0.2, 0.25) is 0 Å². The van der Waals surface area contributed by atoms with Gasteiger partial charge in [-0.2, -0.15) is 0 Å². The molecule has 2 heterocycles. The van der Waals surface area contributed by atoms with Crippen molar-refractivity contribution in [1.82, 2.24) is 9.88 Å². The molecule has 1 unspecified atom stereocenters. The molecule has 6 heteroatoms. The average molecular weight is 264 g/mol. The number of aromatic nitrogens is 1. The van der Waals surface area contributed by atoms with Crippen molar-refractivity contribution in [3.63, 3.8) is 0 Å². The smallest absolute Gasteiger partial charge is 0.329 e. The number of carboxylic acid groups (broad SMARTS) is 1. The summed E-state index contributed by atoms with van der Waals surface area (Å²) in [5, 5.41) is 9.35. The van der Waals surface area contributed by atoms with Gasteiger partial charge in [-0.1, -0.05) is 6.07 Å². The minimum atomic E-state index is -1.21. The van der Waals surface area contributed by atoms with Gasteiger partial charge in [0.1, 0.15) is 11.2 Å². The van der Waals surface area contributed by atoms with Crippen LogP contribution in [0.4, 0.5) is 0 Å². The Morgan fingerprint density at radius 2 is 2.11 bits per heavy atom. The van der Waals surface area contributed by atoms with Gasteiger partial charge in [0.05, 0.1) is 0 Å². The van der Waals surface area contributed by atoms with Crippen LogP contribution in [0.15, 0.2) is 23.0 Å². The Kier molecular flexibility index (Phi) is 3.42. The van der Waals surface area contributed by atoms with Crippen molar-refractivity contribution >= 4 is 11.9 Å². The third-order valence-electron chi connectivity index (χ3n) is 3.60. The Hall–Kier alpha value is -2.11. The van der Waals surface area contributed by atoms with Gasteiger partial charge in [-0.05, 0) is 32.3 Å². The van der Waals surface area contributed by atoms with Crippen LogP contribution in [0.25, 0.3) is 0 Å². The summed E-state index contributed by atoms with van der Waals surface area (Å²) in [5.74, 6) is -1.46. The standard InChI is InChI=1S/C13H16N2O4/c1-13(12(18)19)7-2-3-8-15(13)11(17)9-5-4-6-10(16)14-9/h4-6H,2-3,7-8H2,1H3,(H,14,16)(H,18,19). The molecule has 2 N–H and O–H groups in total. The molecule has 1 saturated heterocycles. The lowest BCUT2D eigenvalue weighted by molar-refractivity contribution is -0.150. The molecule has 1 fully saturated rings. The quantitative estimate of drug-likeness (QED) is 0.828. The van der Waals surface area contributed by atoms with Gasteiger partial charge in [-0.3, -0.25) is 9.59 Å². The highest BCUT2D eigenvalue weighted by atomic mass is 16.4. The zero-order valence-electron chi connectivity index (χ0n) is 10.7. The molecule has 0 bridgehead atoms. The molecule has 6 nitrogen and oxygen atoms in total. The van der Waals surface area contributed by atoms with E-state index in [-0.39, 0.29) is 11.3 Å². The van der Waals surface area contributed by atoms with Gasteiger partial charge in [-0.25, -0.2) is 4.79 Å². The normalized spacial score (nSPS) is 23.1. The summed E-state index contributed by atoms with van der Waals surface area (Å²) >= 11 is 0. The third-order valence-corrected chi connectivity index (χ3v) is 3.60. The summed E-state index contributed by atoms with van der Waals surface area (Å²) in [7, 11) is 0. The molecule has 19 heavy (non-hydrogen) atoms. The molecule has 0 aliphatic carbocycles. The molecule has 1 aliphatic heterocycles. The number of H-pyrrole nitrogens is 1. The number of hydrogen-bond donors (Lipinski definition) is 2. The van der Waals surface area contributed by atoms with Gasteiger partial charge in [0.15, 0.2) is 0 Å². The van der Waals surface area contributed by atoms with E-state index >= 15 is 0 Å². The molecular formula is C13H16N2O4. The largest absolute Gasteiger partial charge is 0.480 e. The van der Waals surface area contributed by atoms with Crippen molar-refractivity contribution in [1.29, 1.82) is 0 Å². The molecule has 1 atom stereocenters. The van der Waals surface area contributed by atoms with Crippen LogP contribution in [0.1, 0.15) is 36.7 Å². The van der Waals surface area contributed by atoms with Crippen LogP contribution in [-0.4, -0.2) is 39.0 Å². The van der Waals surface area contributed by atoms with Crippen LogP contribution in [0, 0.1) is 0 Å². The minimum absolute atomic E-state index is 0.127. The number of carboxylic acids is 1. The number of nitrogens with one attached hydrogen (secondary N) is 1. The predicted molar refractivity (Wildman–Crippen MR) is 68.0 cm³/mol. The molecule has 0 saturated carbocycles. The molecule has 1 aromatic rings. The maximum Gasteiger partial charge on any atom is 0.329 e. The molecule has 0 radical (unpaired) electrons. The number of likely N-dealkylation sites (tertiary alicyclic amines) is 1. The molecule has 102 valence electrons. The second-order valence-electron chi connectivity index (χ2n) is 4.92. The fourth-order valence-electron chi connectivity index (χ4n) is 2.39. The fraction of sp³-hybridized carbons (Fsp3) is 0.462. The van der Waals surface area contributed by atoms with Gasteiger partial charge < -0.3 is 15.0 Å². The van der Waals surface area contributed by atoms with E-state index in [4.69, 9.17) is 0 Å². The number of amides is 1. The zero-order chi connectivity index (χ0) is 14.0. The first-order chi connectivity index (χ1) is 8.95. The Morgan fingerprint density at radius 1 is 1.37 bits per heavy atom. The van der Waals surface area contributed by atoms with Gasteiger partial charge >= 0.3 is 5.97 Å². The van der Waals surface area contributed by atoms with Crippen LogP contribution in [0.3, 0.4) is 0 Å². The van der Waals surface area contributed by atoms with Crippen LogP contribution >= 0.6 is 0 Å². The maximum absolute atomic E-state index is 12.4. The molecule has 1 aromatic heterocycles. The number of rotatable bonds is 2. The summed E-state index contributed by atoms with van der Waals surface area (Å²) in [4.78, 5) is 38.8. The Morgan fingerprint density at radius 3 is 2.74 bits per heavy atom. The summed E-state index contributed by atoms with van der Waals surface area (Å²) < 4.78 is 0. The van der Waals surface area contributed by atoms with E-state index in [9.17, 15) is 19.5 Å². The Labute approximate surface area is 110 Å². The summed E-state index contributed by atoms with van der Waals surface area (Å²) in [6.45, 7) is 1.94. The van der Waals surface area contributed by atoms with E-state index in [2.05, 4.69) is 4.98 Å². The summed E-state index contributed by atoms with van der Waals surface area (Å²) in [5.41, 5.74) is -1.45. The van der Waals surface area contributed by atoms with Crippen molar-refractivity contribution in [2.75, 3.05) is 6.54 Å². The highest BCUT2D eigenvalue weighted by Gasteiger charge is 2.44. The average Bonchev–Trinajstić information content (AvgIpc) is 2.38. The number of piperidine rings is 1. The number of hydrogen-bond acceptors (Lipinski definition) is 3. The second kappa shape index (κ2) is 4.87. The lowest BCUT2D eigenvalue weighted by atomic mass is 9.88. The number of carbonyl (C=O) groups excluding carboxylic acids is 1. The van der Waals surface area contributed by atoms with Crippen molar-refractivity contribution in [2.45, 2.75) is 31.7 Å². The molecule has 0 aromatic carbocycles. The van der Waals surface area contributed by atoms with E-state index in [1.807, 2.05) is 0 Å². The van der Waals surface area contributed by atoms with E-state index in [0.29, 0.717) is 13.0 Å². The number of carbonyl (C=O) groups is 2. The molecule has 0 spiro atoms. The molecule has 2 rings (SSSR count). The van der Waals surface area contributed by atoms with Crippen LogP contribution in [-0.2, 0) is 4.79 Å². The van der Waals surface area contributed by atoms with Gasteiger partial charge in [0.2, 0.25) is 5.56 Å². The van der Waals surface area contributed by atoms with Gasteiger partial charge in [0, 0.05) is 12.6 Å². The summed E-state index contributed by atoms with van der Waals surface area (Å²) in [6, 6.07) is 4.28. The molecule has 1 amide bonds. The monoisotopic (exact) mass is 264 g/mol. The molecule has 1 aliphatic rings. The highest BCUT2D eigenvalue weighted by Crippen LogP contribution is 2.29. The lowest BCUT2D eigenvalue weighted by Crippen LogP contribution is -2.57. The van der Waals surface area contributed by atoms with Gasteiger partial charge in [-0.15, -0.1) is 0 Å². The molecular weight excluding hydrogens is 248 g/mol. The van der Waals surface area contributed by atoms with Crippen LogP contribution in [0.5, 0.6) is 0 Å². The number of aliphatic carboxylic acids is 1. The topological polar surface area (TPSA) is 90.5 Å². The first-order valence-electron chi connectivity index (χ1n) is 6.20. The number of aromatic amines is 1. The first kappa shape index (κ1) is 13.3. The van der Waals surface area contributed by atoms with Crippen molar-refractivity contribution in [3.05, 3.63) is 34.2 Å². The summed E-state index contributed by atoms with van der Waals surface area (Å²) in [6.07, 6.45) is 1.97. The number of nitrogens with zero attached hydrogens (tertiary/aromatic N) is 1. The lowest BCUT2D eigenvalue weighted by Gasteiger charge is -2.41. The Bertz CT molecular complexity index is 566. The van der Waals surface area contributed by atoms with E-state index in [0.717, 1.165) is 12.8 Å². The second-order valence-corrected chi connectivity index (χ2v) is 4.92. The predicted octanol–water partition coefficient (Wildman–Crippen LogP) is 0.844. The number of pyridine rings is 1. The Balaban J connectivity index is 2.36. The SMILES string of the molecule is CC1(C(=O)O)CCCCN1C(=O)c1cccc(=O)[nH]1. The van der Waals surface area contributed by atoms with E-state index < -0.39 is 17.4 Å². The van der Waals surface area contributed by atoms with Gasteiger partial charge in [0.25, 0.3) is 5.91 Å². The fourth-order valence-corrected chi connectivity index (χ4v) is 2.39. The van der Waals surface area contributed by atoms with Crippen molar-refractivity contribution < 1.29 is 14.7 Å². The maximum atomic E-state index is 12.4. The highest BCUT2D eigenvalue weighted by molar-refractivity contribution is 5.96. The van der Waals surface area contributed by atoms with Crippen LogP contribution < -0.4 is 5.56 Å².